The Morgan fingerprint density at radius 1 is 0.971 bits per heavy atom. The summed E-state index contributed by atoms with van der Waals surface area (Å²) in [5, 5.41) is 5.89. The number of thiazole rings is 1. The number of methoxy groups -OCH3 is 4. The van der Waals surface area contributed by atoms with Crippen molar-refractivity contribution in [3.05, 3.63) is 71.5 Å². The molecule has 0 spiro atoms. The maximum absolute atomic E-state index is 13.7. The van der Waals surface area contributed by atoms with E-state index in [1.54, 1.807) is 42.5 Å². The molecule has 1 amide bonds. The smallest absolute Gasteiger partial charge is 0.280 e. The third kappa shape index (κ3) is 5.02. The molecule has 0 saturated heterocycles. The molecule has 0 aliphatic heterocycles. The average Bonchev–Trinajstić information content (AvgIpc) is 3.30. The lowest BCUT2D eigenvalue weighted by Crippen LogP contribution is -2.25. The fourth-order valence-electron chi connectivity index (χ4n) is 3.34. The van der Waals surface area contributed by atoms with Gasteiger partial charge in [-0.3, -0.25) is 4.79 Å². The van der Waals surface area contributed by atoms with Gasteiger partial charge < -0.3 is 18.9 Å². The van der Waals surface area contributed by atoms with Crippen LogP contribution in [0.1, 0.15) is 15.9 Å². The van der Waals surface area contributed by atoms with E-state index >= 15 is 0 Å². The molecule has 35 heavy (non-hydrogen) atoms. The first-order valence-corrected chi connectivity index (χ1v) is 11.2. The number of carbonyl (C=O) groups excluding carboxylic acids is 1. The average molecular weight is 496 g/mol. The van der Waals surface area contributed by atoms with Gasteiger partial charge in [-0.25, -0.2) is 9.37 Å². The van der Waals surface area contributed by atoms with Crippen LogP contribution >= 0.6 is 11.3 Å². The van der Waals surface area contributed by atoms with Crippen LogP contribution in [0.15, 0.2) is 59.7 Å². The number of amides is 1. The van der Waals surface area contributed by atoms with Crippen molar-refractivity contribution in [2.75, 3.05) is 33.4 Å². The predicted molar refractivity (Wildman–Crippen MR) is 133 cm³/mol. The molecule has 0 bridgehead atoms. The topological polar surface area (TPSA) is 82.5 Å². The summed E-state index contributed by atoms with van der Waals surface area (Å²) in [6.45, 7) is 0. The van der Waals surface area contributed by atoms with E-state index in [0.29, 0.717) is 44.3 Å². The second kappa shape index (κ2) is 10.4. The van der Waals surface area contributed by atoms with E-state index in [2.05, 4.69) is 10.1 Å². The Morgan fingerprint density at radius 3 is 2.37 bits per heavy atom. The Labute approximate surface area is 205 Å². The minimum atomic E-state index is -0.438. The number of aromatic nitrogens is 1. The van der Waals surface area contributed by atoms with Crippen LogP contribution < -0.4 is 24.0 Å². The van der Waals surface area contributed by atoms with Crippen molar-refractivity contribution in [1.82, 2.24) is 4.98 Å². The first-order valence-electron chi connectivity index (χ1n) is 10.4. The van der Waals surface area contributed by atoms with Crippen molar-refractivity contribution in [3.63, 3.8) is 0 Å². The van der Waals surface area contributed by atoms with Crippen LogP contribution in [0.4, 0.5) is 9.52 Å². The Kier molecular flexibility index (Phi) is 7.11. The van der Waals surface area contributed by atoms with E-state index in [-0.39, 0.29) is 10.9 Å². The number of benzene rings is 3. The number of carbonyl (C=O) groups is 1. The van der Waals surface area contributed by atoms with E-state index < -0.39 is 5.91 Å². The number of hydrogen-bond donors (Lipinski definition) is 0. The lowest BCUT2D eigenvalue weighted by atomic mass is 10.2. The van der Waals surface area contributed by atoms with Gasteiger partial charge in [-0.1, -0.05) is 17.4 Å². The minimum absolute atomic E-state index is 0.280. The van der Waals surface area contributed by atoms with Crippen molar-refractivity contribution in [2.45, 2.75) is 0 Å². The molecule has 0 radical (unpaired) electrons. The molecule has 8 nitrogen and oxygen atoms in total. The first-order chi connectivity index (χ1) is 17.0. The van der Waals surface area contributed by atoms with Gasteiger partial charge in [0.15, 0.2) is 11.5 Å². The summed E-state index contributed by atoms with van der Waals surface area (Å²) in [5.74, 6) is 1.01. The third-order valence-electron chi connectivity index (χ3n) is 5.04. The molecule has 10 heteroatoms. The molecule has 1 heterocycles. The zero-order valence-electron chi connectivity index (χ0n) is 19.4. The highest BCUT2D eigenvalue weighted by Crippen LogP contribution is 2.38. The second-order valence-corrected chi connectivity index (χ2v) is 8.17. The Morgan fingerprint density at radius 2 is 1.71 bits per heavy atom. The third-order valence-corrected chi connectivity index (χ3v) is 6.03. The zero-order valence-corrected chi connectivity index (χ0v) is 20.3. The maximum Gasteiger partial charge on any atom is 0.280 e. The number of ether oxygens (including phenoxy) is 4. The highest BCUT2D eigenvalue weighted by Gasteiger charge is 2.22. The Balaban J connectivity index is 1.79. The van der Waals surface area contributed by atoms with E-state index in [9.17, 15) is 9.18 Å². The fourth-order valence-corrected chi connectivity index (χ4v) is 4.29. The molecule has 1 aromatic heterocycles. The summed E-state index contributed by atoms with van der Waals surface area (Å²) in [6, 6.07) is 14.4. The lowest BCUT2D eigenvalue weighted by molar-refractivity contribution is 0.0987. The Bertz CT molecular complexity index is 1380. The van der Waals surface area contributed by atoms with Gasteiger partial charge in [0.2, 0.25) is 10.9 Å². The highest BCUT2D eigenvalue weighted by molar-refractivity contribution is 7.22. The van der Waals surface area contributed by atoms with Crippen LogP contribution in [-0.4, -0.2) is 45.5 Å². The second-order valence-electron chi connectivity index (χ2n) is 7.16. The summed E-state index contributed by atoms with van der Waals surface area (Å²) in [7, 11) is 6.05. The number of hydrogen-bond acceptors (Lipinski definition) is 8. The van der Waals surface area contributed by atoms with Crippen molar-refractivity contribution < 1.29 is 28.1 Å². The van der Waals surface area contributed by atoms with Crippen molar-refractivity contribution in [2.24, 2.45) is 5.10 Å². The van der Waals surface area contributed by atoms with Crippen LogP contribution in [0.25, 0.3) is 10.2 Å². The molecule has 0 fully saturated rings. The summed E-state index contributed by atoms with van der Waals surface area (Å²) in [4.78, 5) is 18.0. The van der Waals surface area contributed by atoms with Crippen LogP contribution in [0, 0.1) is 5.82 Å². The molecule has 4 rings (SSSR count). The van der Waals surface area contributed by atoms with Gasteiger partial charge in [-0.05, 0) is 48.5 Å². The van der Waals surface area contributed by atoms with Crippen LogP contribution in [-0.2, 0) is 0 Å². The summed E-state index contributed by atoms with van der Waals surface area (Å²) in [5.41, 5.74) is 1.49. The van der Waals surface area contributed by atoms with Crippen molar-refractivity contribution in [3.8, 4) is 23.0 Å². The standard InChI is InChI=1S/C25H22FN3O5S/c1-31-18-7-5-6-16(12-18)24(30)29(25-28-19-9-8-17(26)13-22(19)35-25)27-14-15-10-20(32-2)23(34-4)21(11-15)33-3/h5-14H,1-4H3/b27-14+. The van der Waals surface area contributed by atoms with E-state index in [4.69, 9.17) is 18.9 Å². The monoisotopic (exact) mass is 495 g/mol. The zero-order chi connectivity index (χ0) is 24.9. The molecular formula is C25H22FN3O5S. The van der Waals surface area contributed by atoms with Crippen molar-refractivity contribution in [1.29, 1.82) is 0 Å². The number of anilines is 1. The van der Waals surface area contributed by atoms with Crippen LogP contribution in [0.5, 0.6) is 23.0 Å². The molecule has 0 saturated carbocycles. The molecule has 0 unspecified atom stereocenters. The molecule has 0 aliphatic rings. The summed E-state index contributed by atoms with van der Waals surface area (Å²) in [6.07, 6.45) is 1.48. The normalized spacial score (nSPS) is 11.0. The van der Waals surface area contributed by atoms with E-state index in [0.717, 1.165) is 11.3 Å². The van der Waals surface area contributed by atoms with Crippen LogP contribution in [0.2, 0.25) is 0 Å². The quantitative estimate of drug-likeness (QED) is 0.248. The predicted octanol–water partition coefficient (Wildman–Crippen LogP) is 5.15. The summed E-state index contributed by atoms with van der Waals surface area (Å²) < 4.78 is 35.7. The molecule has 0 N–H and O–H groups in total. The molecule has 4 aromatic rings. The number of hydrazone groups is 1. The maximum atomic E-state index is 13.7. The van der Waals surface area contributed by atoms with Gasteiger partial charge in [0, 0.05) is 11.1 Å². The van der Waals surface area contributed by atoms with Crippen molar-refractivity contribution >= 4 is 38.8 Å². The number of nitrogens with zero attached hydrogens (tertiary/aromatic N) is 3. The van der Waals surface area contributed by atoms with Gasteiger partial charge in [0.1, 0.15) is 11.6 Å². The largest absolute Gasteiger partial charge is 0.497 e. The number of rotatable bonds is 8. The van der Waals surface area contributed by atoms with E-state index in [1.807, 2.05) is 0 Å². The van der Waals surface area contributed by atoms with Crippen LogP contribution in [0.3, 0.4) is 0 Å². The SMILES string of the molecule is COc1cccc(C(=O)N(/N=C/c2cc(OC)c(OC)c(OC)c2)c2nc3ccc(F)cc3s2)c1. The molecule has 180 valence electrons. The van der Waals surface area contributed by atoms with E-state index in [1.165, 1.54) is 51.8 Å². The highest BCUT2D eigenvalue weighted by atomic mass is 32.1. The van der Waals surface area contributed by atoms with Gasteiger partial charge in [0.05, 0.1) is 44.9 Å². The fraction of sp³-hybridized carbons (Fsp3) is 0.160. The Hall–Kier alpha value is -4.18. The first kappa shape index (κ1) is 24.0. The molecular weight excluding hydrogens is 473 g/mol. The summed E-state index contributed by atoms with van der Waals surface area (Å²) >= 11 is 1.15. The molecule has 3 aromatic carbocycles. The lowest BCUT2D eigenvalue weighted by Gasteiger charge is -2.15. The van der Waals surface area contributed by atoms with Gasteiger partial charge >= 0.3 is 0 Å². The molecule has 0 atom stereocenters. The van der Waals surface area contributed by atoms with Gasteiger partial charge in [-0.2, -0.15) is 10.1 Å². The van der Waals surface area contributed by atoms with Gasteiger partial charge in [0.25, 0.3) is 5.91 Å². The number of fused-ring (bicyclic) bond motifs is 1. The van der Waals surface area contributed by atoms with Gasteiger partial charge in [-0.15, -0.1) is 0 Å². The minimum Gasteiger partial charge on any atom is -0.497 e. The molecule has 0 aliphatic carbocycles. The number of halogens is 1.